The molecule has 0 saturated heterocycles. The van der Waals surface area contributed by atoms with Crippen LogP contribution in [0.25, 0.3) is 10.8 Å². The molecule has 2 aromatic rings. The van der Waals surface area contributed by atoms with Crippen molar-refractivity contribution >= 4 is 17.3 Å². The first kappa shape index (κ1) is 12.8. The van der Waals surface area contributed by atoms with E-state index in [0.717, 1.165) is 10.4 Å². The first-order chi connectivity index (χ1) is 8.67. The van der Waals surface area contributed by atoms with Crippen LogP contribution in [0.3, 0.4) is 0 Å². The van der Waals surface area contributed by atoms with Crippen molar-refractivity contribution in [2.24, 2.45) is 0 Å². The van der Waals surface area contributed by atoms with E-state index in [1.165, 1.54) is 0 Å². The number of hydrogen-bond donors (Lipinski definition) is 0. The average Bonchev–Trinajstić information content (AvgIpc) is 2.94. The minimum Gasteiger partial charge on any atom is -0.460 e. The second kappa shape index (κ2) is 5.35. The first-order valence-electron chi connectivity index (χ1n) is 5.88. The summed E-state index contributed by atoms with van der Waals surface area (Å²) in [6.07, 6.45) is 0.641. The van der Waals surface area contributed by atoms with E-state index in [1.807, 2.05) is 25.3 Å². The Kier molecular flexibility index (Phi) is 3.81. The molecule has 0 unspecified atom stereocenters. The lowest BCUT2D eigenvalue weighted by molar-refractivity contribution is 0.0489. The van der Waals surface area contributed by atoms with E-state index >= 15 is 0 Å². The molecule has 0 aliphatic rings. The smallest absolute Gasteiger partial charge is 0.376 e. The molecular weight excluding hydrogens is 250 g/mol. The zero-order chi connectivity index (χ0) is 13.1. The van der Waals surface area contributed by atoms with Crippen molar-refractivity contribution in [3.63, 3.8) is 0 Å². The van der Waals surface area contributed by atoms with Crippen molar-refractivity contribution in [2.45, 2.75) is 27.2 Å². The Morgan fingerprint density at radius 3 is 2.83 bits per heavy atom. The van der Waals surface area contributed by atoms with Gasteiger partial charge in [0, 0.05) is 0 Å². The third kappa shape index (κ3) is 2.31. The lowest BCUT2D eigenvalue weighted by atomic mass is 10.3. The van der Waals surface area contributed by atoms with E-state index in [-0.39, 0.29) is 5.76 Å². The summed E-state index contributed by atoms with van der Waals surface area (Å²) in [6, 6.07) is 2.00. The molecule has 0 radical (unpaired) electrons. The fraction of sp³-hybridized carbons (Fsp3) is 0.385. The molecule has 0 aliphatic heterocycles. The Hall–Kier alpha value is -1.62. The molecule has 2 aromatic heterocycles. The van der Waals surface area contributed by atoms with Crippen molar-refractivity contribution in [3.05, 3.63) is 28.5 Å². The zero-order valence-corrected chi connectivity index (χ0v) is 11.5. The number of ether oxygens (including phenoxy) is 1. The summed E-state index contributed by atoms with van der Waals surface area (Å²) >= 11 is 1.55. The third-order valence-electron chi connectivity index (χ3n) is 2.55. The Morgan fingerprint density at radius 2 is 2.28 bits per heavy atom. The molecule has 0 saturated carbocycles. The van der Waals surface area contributed by atoms with E-state index in [2.05, 4.69) is 4.98 Å². The van der Waals surface area contributed by atoms with Crippen LogP contribution in [0.15, 0.2) is 15.9 Å². The minimum atomic E-state index is -0.442. The van der Waals surface area contributed by atoms with Gasteiger partial charge in [-0.05, 0) is 37.3 Å². The normalized spacial score (nSPS) is 10.6. The lowest BCUT2D eigenvalue weighted by Gasteiger charge is -1.98. The van der Waals surface area contributed by atoms with Gasteiger partial charge in [0.25, 0.3) is 0 Å². The number of thiophene rings is 1. The van der Waals surface area contributed by atoms with E-state index < -0.39 is 5.97 Å². The molecule has 0 aromatic carbocycles. The quantitative estimate of drug-likeness (QED) is 0.794. The Morgan fingerprint density at radius 1 is 1.50 bits per heavy atom. The molecule has 0 spiro atoms. The highest BCUT2D eigenvalue weighted by Crippen LogP contribution is 2.30. The highest BCUT2D eigenvalue weighted by molar-refractivity contribution is 7.13. The summed E-state index contributed by atoms with van der Waals surface area (Å²) in [5, 5.41) is 1.98. The topological polar surface area (TPSA) is 52.3 Å². The van der Waals surface area contributed by atoms with E-state index in [4.69, 9.17) is 9.15 Å². The van der Waals surface area contributed by atoms with Crippen LogP contribution in [0.5, 0.6) is 0 Å². The minimum absolute atomic E-state index is 0.224. The van der Waals surface area contributed by atoms with Gasteiger partial charge in [-0.1, -0.05) is 6.92 Å². The maximum absolute atomic E-state index is 11.7. The summed E-state index contributed by atoms with van der Waals surface area (Å²) in [4.78, 5) is 17.1. The summed E-state index contributed by atoms with van der Waals surface area (Å²) in [5.41, 5.74) is 1.75. The molecule has 2 rings (SSSR count). The first-order valence-corrected chi connectivity index (χ1v) is 6.76. The molecule has 4 nitrogen and oxygen atoms in total. The van der Waals surface area contributed by atoms with Crippen LogP contribution in [0, 0.1) is 6.92 Å². The number of nitrogens with zero attached hydrogens (tertiary/aromatic N) is 1. The van der Waals surface area contributed by atoms with Gasteiger partial charge < -0.3 is 9.15 Å². The molecule has 0 fully saturated rings. The monoisotopic (exact) mass is 265 g/mol. The number of esters is 1. The Labute approximate surface area is 110 Å². The molecule has 5 heteroatoms. The van der Waals surface area contributed by atoms with Gasteiger partial charge in [0.05, 0.1) is 17.2 Å². The third-order valence-corrected chi connectivity index (χ3v) is 3.55. The lowest BCUT2D eigenvalue weighted by Crippen LogP contribution is -2.05. The van der Waals surface area contributed by atoms with E-state index in [0.29, 0.717) is 24.6 Å². The number of carbonyl (C=O) groups is 1. The van der Waals surface area contributed by atoms with Crippen molar-refractivity contribution in [3.8, 4) is 10.8 Å². The molecule has 2 heterocycles. The van der Waals surface area contributed by atoms with Gasteiger partial charge in [0.2, 0.25) is 11.7 Å². The number of carbonyl (C=O) groups excluding carboxylic acids is 1. The highest BCUT2D eigenvalue weighted by Gasteiger charge is 2.22. The SMILES string of the molecule is CCOC(=O)c1oc(-c2sccc2C)nc1CC. The van der Waals surface area contributed by atoms with E-state index in [1.54, 1.807) is 18.3 Å². The summed E-state index contributed by atoms with van der Waals surface area (Å²) in [6.45, 7) is 6.03. The predicted octanol–water partition coefficient (Wildman–Crippen LogP) is 3.45. The maximum Gasteiger partial charge on any atom is 0.376 e. The van der Waals surface area contributed by atoms with Crippen molar-refractivity contribution in [1.29, 1.82) is 0 Å². The van der Waals surface area contributed by atoms with Crippen LogP contribution < -0.4 is 0 Å². The van der Waals surface area contributed by atoms with Crippen molar-refractivity contribution in [1.82, 2.24) is 4.98 Å². The second-order valence-electron chi connectivity index (χ2n) is 3.80. The molecule has 0 bridgehead atoms. The van der Waals surface area contributed by atoms with Gasteiger partial charge in [0.15, 0.2) is 0 Å². The van der Waals surface area contributed by atoms with Crippen LogP contribution in [0.2, 0.25) is 0 Å². The van der Waals surface area contributed by atoms with Crippen molar-refractivity contribution in [2.75, 3.05) is 6.61 Å². The largest absolute Gasteiger partial charge is 0.460 e. The molecule has 0 aliphatic carbocycles. The number of hydrogen-bond acceptors (Lipinski definition) is 5. The summed E-state index contributed by atoms with van der Waals surface area (Å²) in [7, 11) is 0. The molecule has 0 atom stereocenters. The van der Waals surface area contributed by atoms with Gasteiger partial charge in [-0.15, -0.1) is 11.3 Å². The van der Waals surface area contributed by atoms with Gasteiger partial charge >= 0.3 is 5.97 Å². The van der Waals surface area contributed by atoms with Gasteiger partial charge in [-0.2, -0.15) is 0 Å². The van der Waals surface area contributed by atoms with Crippen molar-refractivity contribution < 1.29 is 13.9 Å². The van der Waals surface area contributed by atoms with Gasteiger partial charge in [-0.25, -0.2) is 9.78 Å². The average molecular weight is 265 g/mol. The van der Waals surface area contributed by atoms with Crippen LogP contribution in [0.1, 0.15) is 35.7 Å². The molecule has 18 heavy (non-hydrogen) atoms. The number of aromatic nitrogens is 1. The summed E-state index contributed by atoms with van der Waals surface area (Å²) < 4.78 is 10.5. The Bertz CT molecular complexity index is 556. The van der Waals surface area contributed by atoms with Crippen LogP contribution in [-0.2, 0) is 11.2 Å². The van der Waals surface area contributed by atoms with Gasteiger partial charge in [-0.3, -0.25) is 0 Å². The van der Waals surface area contributed by atoms with Crippen LogP contribution in [-0.4, -0.2) is 17.6 Å². The summed E-state index contributed by atoms with van der Waals surface area (Å²) in [5.74, 6) is 0.284. The van der Waals surface area contributed by atoms with Gasteiger partial charge in [0.1, 0.15) is 0 Å². The number of rotatable bonds is 4. The second-order valence-corrected chi connectivity index (χ2v) is 4.72. The van der Waals surface area contributed by atoms with Crippen LogP contribution >= 0.6 is 11.3 Å². The highest BCUT2D eigenvalue weighted by atomic mass is 32.1. The molecular formula is C13H15NO3S. The van der Waals surface area contributed by atoms with Crippen LogP contribution in [0.4, 0.5) is 0 Å². The number of aryl methyl sites for hydroxylation is 2. The Balaban J connectivity index is 2.41. The maximum atomic E-state index is 11.7. The number of oxazole rings is 1. The van der Waals surface area contributed by atoms with E-state index in [9.17, 15) is 4.79 Å². The molecule has 0 N–H and O–H groups in total. The molecule has 0 amide bonds. The fourth-order valence-electron chi connectivity index (χ4n) is 1.64. The molecule has 96 valence electrons. The standard InChI is InChI=1S/C13H15NO3S/c1-4-9-10(13(15)16-5-2)17-12(14-9)11-8(3)6-7-18-11/h6-7H,4-5H2,1-3H3. The zero-order valence-electron chi connectivity index (χ0n) is 10.6. The fourth-order valence-corrected chi connectivity index (χ4v) is 2.49. The predicted molar refractivity (Wildman–Crippen MR) is 69.9 cm³/mol.